The van der Waals surface area contributed by atoms with Gasteiger partial charge in [0.25, 0.3) is 0 Å². The number of carbonyl (C=O) groups is 1. The standard InChI is InChI=1S/C23H30N6O2.C8H19N/c1-2-3-13-31-23-26-21(24)20-22(27-23)29(12-9-19(30)25-20)16-18-8-6-7-17(14-18)15-28-10-4-5-11-28;1-4-7-8-9(5-2)6-3/h6-9,12,14H,2-5,10-11,13,15-16H2,1H3,(H,25,30)(H2,24,26,27);4-8H2,1-3H3. The molecule has 1 amide bonds. The van der Waals surface area contributed by atoms with Crippen LogP contribution in [0.1, 0.15) is 77.3 Å². The zero-order chi connectivity index (χ0) is 28.7. The van der Waals surface area contributed by atoms with Crippen molar-refractivity contribution in [2.24, 2.45) is 0 Å². The van der Waals surface area contributed by atoms with Gasteiger partial charge in [-0.1, -0.05) is 64.8 Å². The SMILES string of the molecule is CCCCN(CC)CC.CCCCOc1nc(N)c2c(n1)N(Cc1cccc(CN3CCCC3)c1)C=CC(=O)N2. The first-order valence-electron chi connectivity index (χ1n) is 15.1. The molecule has 2 aliphatic heterocycles. The molecule has 0 spiro atoms. The third-order valence-electron chi connectivity index (χ3n) is 7.22. The number of benzene rings is 1. The van der Waals surface area contributed by atoms with Crippen LogP contribution in [0, 0.1) is 0 Å². The molecular formula is C31H49N7O2. The molecule has 3 heterocycles. The van der Waals surface area contributed by atoms with Gasteiger partial charge in [-0.25, -0.2) is 0 Å². The first-order chi connectivity index (χ1) is 19.5. The number of aromatic nitrogens is 2. The Balaban J connectivity index is 0.000000424. The van der Waals surface area contributed by atoms with Gasteiger partial charge in [0.2, 0.25) is 5.91 Å². The quantitative estimate of drug-likeness (QED) is 0.318. The Morgan fingerprint density at radius 3 is 2.38 bits per heavy atom. The summed E-state index contributed by atoms with van der Waals surface area (Å²) in [5, 5.41) is 2.78. The van der Waals surface area contributed by atoms with Crippen molar-refractivity contribution in [2.75, 3.05) is 55.3 Å². The number of fused-ring (bicyclic) bond motifs is 1. The Hall–Kier alpha value is -3.17. The van der Waals surface area contributed by atoms with Crippen molar-refractivity contribution in [3.05, 3.63) is 47.7 Å². The van der Waals surface area contributed by atoms with Crippen LogP contribution in [0.4, 0.5) is 17.3 Å². The van der Waals surface area contributed by atoms with Crippen LogP contribution >= 0.6 is 0 Å². The van der Waals surface area contributed by atoms with E-state index < -0.39 is 0 Å². The van der Waals surface area contributed by atoms with E-state index in [1.54, 1.807) is 6.20 Å². The van der Waals surface area contributed by atoms with Gasteiger partial charge in [0.15, 0.2) is 11.6 Å². The maximum Gasteiger partial charge on any atom is 0.320 e. The zero-order valence-electron chi connectivity index (χ0n) is 25.0. The normalized spacial score (nSPS) is 14.9. The average Bonchev–Trinajstić information content (AvgIpc) is 3.41. The van der Waals surface area contributed by atoms with Crippen LogP contribution in [0.3, 0.4) is 0 Å². The smallest absolute Gasteiger partial charge is 0.320 e. The highest BCUT2D eigenvalue weighted by Crippen LogP contribution is 2.33. The maximum atomic E-state index is 12.2. The average molecular weight is 552 g/mol. The molecule has 0 unspecified atom stereocenters. The molecule has 1 fully saturated rings. The number of hydrogen-bond donors (Lipinski definition) is 2. The number of unbranched alkanes of at least 4 members (excludes halogenated alkanes) is 2. The minimum atomic E-state index is -0.263. The lowest BCUT2D eigenvalue weighted by Gasteiger charge is -2.22. The van der Waals surface area contributed by atoms with Gasteiger partial charge in [-0.05, 0) is 69.5 Å². The number of nitrogens with two attached hydrogens (primary N) is 1. The summed E-state index contributed by atoms with van der Waals surface area (Å²) in [5.74, 6) is 0.467. The van der Waals surface area contributed by atoms with Crippen LogP contribution in [0.2, 0.25) is 0 Å². The predicted molar refractivity (Wildman–Crippen MR) is 164 cm³/mol. The molecule has 9 nitrogen and oxygen atoms in total. The summed E-state index contributed by atoms with van der Waals surface area (Å²) in [6.45, 7) is 16.8. The fourth-order valence-corrected chi connectivity index (χ4v) is 4.81. The van der Waals surface area contributed by atoms with Gasteiger partial charge in [-0.15, -0.1) is 0 Å². The van der Waals surface area contributed by atoms with Crippen LogP contribution in [0.15, 0.2) is 36.5 Å². The van der Waals surface area contributed by atoms with Crippen LogP contribution in [-0.2, 0) is 17.9 Å². The summed E-state index contributed by atoms with van der Waals surface area (Å²) in [4.78, 5) is 27.8. The van der Waals surface area contributed by atoms with Crippen LogP contribution < -0.4 is 20.7 Å². The van der Waals surface area contributed by atoms with Crippen LogP contribution in [-0.4, -0.2) is 65.0 Å². The highest BCUT2D eigenvalue weighted by molar-refractivity contribution is 6.05. The monoisotopic (exact) mass is 551 g/mol. The van der Waals surface area contributed by atoms with E-state index in [0.29, 0.717) is 24.7 Å². The van der Waals surface area contributed by atoms with Crippen molar-refractivity contribution in [1.82, 2.24) is 19.8 Å². The van der Waals surface area contributed by atoms with Crippen molar-refractivity contribution in [1.29, 1.82) is 0 Å². The Labute approximate surface area is 240 Å². The molecule has 40 heavy (non-hydrogen) atoms. The van der Waals surface area contributed by atoms with Crippen LogP contribution in [0.25, 0.3) is 0 Å². The molecule has 0 saturated carbocycles. The molecule has 1 aromatic heterocycles. The molecule has 2 aliphatic rings. The van der Waals surface area contributed by atoms with Crippen molar-refractivity contribution in [3.8, 4) is 6.01 Å². The molecule has 0 atom stereocenters. The second kappa shape index (κ2) is 16.8. The lowest BCUT2D eigenvalue weighted by Crippen LogP contribution is -2.23. The third-order valence-corrected chi connectivity index (χ3v) is 7.22. The number of likely N-dealkylation sites (tertiary alicyclic amines) is 1. The van der Waals surface area contributed by atoms with E-state index in [-0.39, 0.29) is 17.7 Å². The first kappa shape index (κ1) is 31.4. The topological polar surface area (TPSA) is 99.8 Å². The molecular weight excluding hydrogens is 502 g/mol. The lowest BCUT2D eigenvalue weighted by molar-refractivity contribution is -0.111. The number of amides is 1. The van der Waals surface area contributed by atoms with Gasteiger partial charge in [-0.2, -0.15) is 9.97 Å². The number of ether oxygens (including phenoxy) is 1. The summed E-state index contributed by atoms with van der Waals surface area (Å²) in [6, 6.07) is 8.78. The van der Waals surface area contributed by atoms with E-state index in [9.17, 15) is 4.79 Å². The van der Waals surface area contributed by atoms with Crippen molar-refractivity contribution in [2.45, 2.75) is 79.3 Å². The lowest BCUT2D eigenvalue weighted by atomic mass is 10.1. The number of carbonyl (C=O) groups excluding carboxylic acids is 1. The molecule has 0 radical (unpaired) electrons. The van der Waals surface area contributed by atoms with E-state index in [1.165, 1.54) is 57.0 Å². The number of nitrogen functional groups attached to an aromatic ring is 1. The second-order valence-corrected chi connectivity index (χ2v) is 10.4. The molecule has 0 bridgehead atoms. The molecule has 2 aromatic rings. The van der Waals surface area contributed by atoms with Crippen molar-refractivity contribution in [3.63, 3.8) is 0 Å². The molecule has 3 N–H and O–H groups in total. The van der Waals surface area contributed by atoms with Gasteiger partial charge >= 0.3 is 6.01 Å². The largest absolute Gasteiger partial charge is 0.463 e. The Morgan fingerprint density at radius 1 is 1.00 bits per heavy atom. The highest BCUT2D eigenvalue weighted by Gasteiger charge is 2.22. The minimum absolute atomic E-state index is 0.196. The number of anilines is 3. The minimum Gasteiger partial charge on any atom is -0.463 e. The number of rotatable bonds is 13. The third kappa shape index (κ3) is 9.78. The summed E-state index contributed by atoms with van der Waals surface area (Å²) < 4.78 is 5.68. The molecule has 220 valence electrons. The van der Waals surface area contributed by atoms with E-state index in [4.69, 9.17) is 10.5 Å². The highest BCUT2D eigenvalue weighted by atomic mass is 16.5. The van der Waals surface area contributed by atoms with Gasteiger partial charge < -0.3 is 25.6 Å². The van der Waals surface area contributed by atoms with Gasteiger partial charge in [0, 0.05) is 25.4 Å². The van der Waals surface area contributed by atoms with Crippen LogP contribution in [0.5, 0.6) is 6.01 Å². The number of nitrogens with zero attached hydrogens (tertiary/aromatic N) is 5. The van der Waals surface area contributed by atoms with E-state index in [0.717, 1.165) is 38.0 Å². The van der Waals surface area contributed by atoms with Crippen molar-refractivity contribution < 1.29 is 9.53 Å². The number of nitrogens with one attached hydrogen (secondary N) is 1. The fourth-order valence-electron chi connectivity index (χ4n) is 4.81. The van der Waals surface area contributed by atoms with Gasteiger partial charge in [0.1, 0.15) is 5.69 Å². The Bertz CT molecular complexity index is 1080. The summed E-state index contributed by atoms with van der Waals surface area (Å²) in [6.07, 6.45) is 10.4. The second-order valence-electron chi connectivity index (χ2n) is 10.4. The number of hydrogen-bond acceptors (Lipinski definition) is 8. The van der Waals surface area contributed by atoms with Gasteiger partial charge in [0.05, 0.1) is 6.61 Å². The van der Waals surface area contributed by atoms with Gasteiger partial charge in [-0.3, -0.25) is 9.69 Å². The first-order valence-corrected chi connectivity index (χ1v) is 15.1. The Morgan fingerprint density at radius 2 is 1.70 bits per heavy atom. The molecule has 4 rings (SSSR count). The fraction of sp³-hybridized carbons (Fsp3) is 0.581. The summed E-state index contributed by atoms with van der Waals surface area (Å²) in [5.41, 5.74) is 8.97. The molecule has 9 heteroatoms. The van der Waals surface area contributed by atoms with E-state index >= 15 is 0 Å². The van der Waals surface area contributed by atoms with E-state index in [1.807, 2.05) is 4.90 Å². The molecule has 0 aliphatic carbocycles. The molecule has 1 aromatic carbocycles. The zero-order valence-corrected chi connectivity index (χ0v) is 25.0. The summed E-state index contributed by atoms with van der Waals surface area (Å²) in [7, 11) is 0. The Kier molecular flexibility index (Phi) is 13.2. The van der Waals surface area contributed by atoms with E-state index in [2.05, 4.69) is 77.0 Å². The molecule has 1 saturated heterocycles. The maximum absolute atomic E-state index is 12.2. The summed E-state index contributed by atoms with van der Waals surface area (Å²) >= 11 is 0. The van der Waals surface area contributed by atoms with Crippen molar-refractivity contribution >= 4 is 23.2 Å². The predicted octanol–water partition coefficient (Wildman–Crippen LogP) is 5.43.